The van der Waals surface area contributed by atoms with Gasteiger partial charge in [-0.1, -0.05) is 57.5 Å². The first-order valence-electron chi connectivity index (χ1n) is 10.1. The van der Waals surface area contributed by atoms with Crippen LogP contribution >= 0.6 is 0 Å². The molecule has 0 saturated carbocycles. The van der Waals surface area contributed by atoms with Crippen molar-refractivity contribution in [2.45, 2.75) is 77.4 Å². The Hall–Kier alpha value is -2.12. The lowest BCUT2D eigenvalue weighted by Gasteiger charge is -2.32. The highest BCUT2D eigenvalue weighted by Crippen LogP contribution is 2.25. The van der Waals surface area contributed by atoms with E-state index in [4.69, 9.17) is 0 Å². The van der Waals surface area contributed by atoms with Crippen LogP contribution in [0.25, 0.3) is 0 Å². The Morgan fingerprint density at radius 1 is 1.25 bits per heavy atom. The molecule has 2 unspecified atom stereocenters. The monoisotopic (exact) mass is 391 g/mol. The van der Waals surface area contributed by atoms with Crippen molar-refractivity contribution < 1.29 is 19.8 Å². The van der Waals surface area contributed by atoms with E-state index < -0.39 is 24.3 Å². The molecular formula is C21H33N3O4. The summed E-state index contributed by atoms with van der Waals surface area (Å²) in [6.07, 6.45) is -0.446. The Morgan fingerprint density at radius 2 is 1.89 bits per heavy atom. The Balaban J connectivity index is 2.23. The number of nitrogens with one attached hydrogen (secondary N) is 2. The molecule has 1 aromatic carbocycles. The molecule has 7 heteroatoms. The normalized spacial score (nSPS) is 22.9. The van der Waals surface area contributed by atoms with E-state index in [0.29, 0.717) is 6.42 Å². The molecule has 0 spiro atoms. The predicted molar refractivity (Wildman–Crippen MR) is 108 cm³/mol. The minimum absolute atomic E-state index is 0.0506. The van der Waals surface area contributed by atoms with Gasteiger partial charge in [-0.3, -0.25) is 10.1 Å². The summed E-state index contributed by atoms with van der Waals surface area (Å²) in [6.45, 7) is 8.16. The van der Waals surface area contributed by atoms with Gasteiger partial charge < -0.3 is 20.4 Å². The lowest BCUT2D eigenvalue weighted by molar-refractivity contribution is -0.134. The number of hydrogen-bond donors (Lipinski definition) is 4. The van der Waals surface area contributed by atoms with Gasteiger partial charge in [0.2, 0.25) is 5.91 Å². The molecule has 1 saturated heterocycles. The maximum Gasteiger partial charge on any atom is 0.404 e. The first-order chi connectivity index (χ1) is 13.3. The molecule has 0 bridgehead atoms. The van der Waals surface area contributed by atoms with Crippen LogP contribution in [-0.4, -0.2) is 57.5 Å². The number of rotatable bonds is 9. The van der Waals surface area contributed by atoms with Crippen molar-refractivity contribution in [3.63, 3.8) is 0 Å². The average Bonchev–Trinajstić information content (AvgIpc) is 2.99. The number of hydrogen-bond acceptors (Lipinski definition) is 4. The van der Waals surface area contributed by atoms with Crippen LogP contribution in [0.15, 0.2) is 30.3 Å². The fraction of sp³-hybridized carbons (Fsp3) is 0.619. The van der Waals surface area contributed by atoms with Crippen LogP contribution in [0.5, 0.6) is 0 Å². The van der Waals surface area contributed by atoms with Gasteiger partial charge >= 0.3 is 6.09 Å². The summed E-state index contributed by atoms with van der Waals surface area (Å²) in [5.41, 5.74) is 0.891. The Kier molecular flexibility index (Phi) is 7.83. The molecular weight excluding hydrogens is 358 g/mol. The van der Waals surface area contributed by atoms with Gasteiger partial charge in [0.05, 0.1) is 18.3 Å². The molecule has 0 radical (unpaired) electrons. The number of carboxylic acid groups (broad SMARTS) is 1. The van der Waals surface area contributed by atoms with E-state index in [-0.39, 0.29) is 24.0 Å². The van der Waals surface area contributed by atoms with Crippen molar-refractivity contribution >= 4 is 12.0 Å². The van der Waals surface area contributed by atoms with E-state index in [1.54, 1.807) is 0 Å². The van der Waals surface area contributed by atoms with Gasteiger partial charge in [0.1, 0.15) is 6.04 Å². The molecule has 2 amide bonds. The maximum absolute atomic E-state index is 13.1. The topological polar surface area (TPSA) is 102 Å². The second-order valence-corrected chi connectivity index (χ2v) is 7.95. The minimum atomic E-state index is -1.22. The van der Waals surface area contributed by atoms with E-state index in [9.17, 15) is 19.8 Å². The van der Waals surface area contributed by atoms with Crippen molar-refractivity contribution in [3.05, 3.63) is 35.9 Å². The van der Waals surface area contributed by atoms with E-state index in [2.05, 4.69) is 17.6 Å². The molecule has 0 aromatic heterocycles. The van der Waals surface area contributed by atoms with Crippen LogP contribution in [0.3, 0.4) is 0 Å². The van der Waals surface area contributed by atoms with Gasteiger partial charge in [-0.2, -0.15) is 0 Å². The van der Waals surface area contributed by atoms with Crippen molar-refractivity contribution in [2.24, 2.45) is 5.92 Å². The van der Waals surface area contributed by atoms with Crippen LogP contribution in [-0.2, 0) is 11.2 Å². The third-order valence-corrected chi connectivity index (χ3v) is 5.34. The number of benzene rings is 1. The zero-order chi connectivity index (χ0) is 20.8. The fourth-order valence-corrected chi connectivity index (χ4v) is 3.96. The molecule has 2 rings (SSSR count). The largest absolute Gasteiger partial charge is 0.465 e. The van der Waals surface area contributed by atoms with Gasteiger partial charge in [0.25, 0.3) is 0 Å². The van der Waals surface area contributed by atoms with Crippen molar-refractivity contribution in [1.29, 1.82) is 0 Å². The van der Waals surface area contributed by atoms with E-state index in [1.807, 2.05) is 56.0 Å². The lowest BCUT2D eigenvalue weighted by Crippen LogP contribution is -2.55. The fourth-order valence-electron chi connectivity index (χ4n) is 3.96. The highest BCUT2D eigenvalue weighted by atomic mass is 16.4. The summed E-state index contributed by atoms with van der Waals surface area (Å²) in [7, 11) is 0. The summed E-state index contributed by atoms with van der Waals surface area (Å²) in [6, 6.07) is 7.77. The quantitative estimate of drug-likeness (QED) is 0.517. The van der Waals surface area contributed by atoms with Crippen LogP contribution in [0.4, 0.5) is 4.79 Å². The number of carbonyl (C=O) groups excluding carboxylic acids is 1. The number of amides is 2. The third-order valence-electron chi connectivity index (χ3n) is 5.34. The number of aliphatic hydroxyl groups excluding tert-OH is 1. The van der Waals surface area contributed by atoms with E-state index >= 15 is 0 Å². The predicted octanol–water partition coefficient (Wildman–Crippen LogP) is 2.20. The molecule has 4 N–H and O–H groups in total. The number of aliphatic hydroxyl groups is 1. The molecule has 28 heavy (non-hydrogen) atoms. The van der Waals surface area contributed by atoms with Crippen LogP contribution in [0.1, 0.15) is 46.1 Å². The van der Waals surface area contributed by atoms with Crippen molar-refractivity contribution in [2.75, 3.05) is 0 Å². The summed E-state index contributed by atoms with van der Waals surface area (Å²) >= 11 is 0. The SMILES string of the molecule is CCCC(C)N1C(=O)[C@H]([C@@H](O)[C@H](Cc2ccccc2)NC(=O)O)NC1C(C)C. The molecule has 156 valence electrons. The second kappa shape index (κ2) is 9.89. The molecule has 1 aliphatic heterocycles. The molecule has 1 aromatic rings. The molecule has 1 fully saturated rings. The lowest BCUT2D eigenvalue weighted by atomic mass is 9.96. The van der Waals surface area contributed by atoms with Gasteiger partial charge in [-0.05, 0) is 31.2 Å². The maximum atomic E-state index is 13.1. The summed E-state index contributed by atoms with van der Waals surface area (Å²) in [5, 5.41) is 25.9. The van der Waals surface area contributed by atoms with Gasteiger partial charge in [-0.25, -0.2) is 4.79 Å². The molecule has 0 aliphatic carbocycles. The Labute approximate surface area is 167 Å². The standard InChI is InChI=1S/C21H33N3O4/c1-5-9-14(4)24-19(13(2)3)23-17(20(24)26)18(25)16(22-21(27)28)12-15-10-7-6-8-11-15/h6-8,10-11,13-14,16-19,22-23,25H,5,9,12H2,1-4H3,(H,27,28)/t14?,16-,17-,18-,19?/m0/s1. The van der Waals surface area contributed by atoms with Gasteiger partial charge in [0, 0.05) is 6.04 Å². The zero-order valence-electron chi connectivity index (χ0n) is 17.1. The first-order valence-corrected chi connectivity index (χ1v) is 10.1. The van der Waals surface area contributed by atoms with Crippen LogP contribution in [0.2, 0.25) is 0 Å². The molecule has 5 atom stereocenters. The smallest absolute Gasteiger partial charge is 0.404 e. The first kappa shape index (κ1) is 22.2. The highest BCUT2D eigenvalue weighted by molar-refractivity contribution is 5.85. The molecule has 1 aliphatic rings. The van der Waals surface area contributed by atoms with E-state index in [1.165, 1.54) is 0 Å². The number of nitrogens with zero attached hydrogens (tertiary/aromatic N) is 1. The van der Waals surface area contributed by atoms with Crippen LogP contribution in [0, 0.1) is 5.92 Å². The molecule has 7 nitrogen and oxygen atoms in total. The highest BCUT2D eigenvalue weighted by Gasteiger charge is 2.47. The third kappa shape index (κ3) is 5.23. The van der Waals surface area contributed by atoms with Crippen LogP contribution < -0.4 is 10.6 Å². The van der Waals surface area contributed by atoms with Crippen molar-refractivity contribution in [1.82, 2.24) is 15.5 Å². The summed E-state index contributed by atoms with van der Waals surface area (Å²) in [5.74, 6) is -0.00198. The number of carbonyl (C=O) groups is 2. The van der Waals surface area contributed by atoms with E-state index in [0.717, 1.165) is 18.4 Å². The summed E-state index contributed by atoms with van der Waals surface area (Å²) in [4.78, 5) is 26.3. The average molecular weight is 392 g/mol. The van der Waals surface area contributed by atoms with Gasteiger partial charge in [0.15, 0.2) is 0 Å². The molecule has 1 heterocycles. The summed E-state index contributed by atoms with van der Waals surface area (Å²) < 4.78 is 0. The zero-order valence-corrected chi connectivity index (χ0v) is 17.1. The van der Waals surface area contributed by atoms with Gasteiger partial charge in [-0.15, -0.1) is 0 Å². The Morgan fingerprint density at radius 3 is 2.43 bits per heavy atom. The van der Waals surface area contributed by atoms with Crippen molar-refractivity contribution in [3.8, 4) is 0 Å². The second-order valence-electron chi connectivity index (χ2n) is 7.95. The minimum Gasteiger partial charge on any atom is -0.465 e. The Bertz CT molecular complexity index is 652.